The molecule has 2 aromatic rings. The number of anilines is 1. The van der Waals surface area contributed by atoms with Crippen molar-refractivity contribution in [1.29, 1.82) is 0 Å². The molecule has 0 N–H and O–H groups in total. The highest BCUT2D eigenvalue weighted by Crippen LogP contribution is 2.26. The summed E-state index contributed by atoms with van der Waals surface area (Å²) in [7, 11) is 3.45. The third-order valence-corrected chi connectivity index (χ3v) is 4.81. The Kier molecular flexibility index (Phi) is 5.56. The number of carbonyl (C=O) groups excluding carboxylic acids is 2. The lowest BCUT2D eigenvalue weighted by Gasteiger charge is -2.21. The topological polar surface area (TPSA) is 49.9 Å². The van der Waals surface area contributed by atoms with E-state index in [1.54, 1.807) is 16.9 Å². The number of para-hydroxylation sites is 1. The molecule has 0 spiro atoms. The van der Waals surface area contributed by atoms with Crippen LogP contribution in [0.15, 0.2) is 54.6 Å². The molecule has 1 fully saturated rings. The first kappa shape index (κ1) is 18.0. The molecule has 136 valence electrons. The molecule has 0 saturated carbocycles. The Morgan fingerprint density at radius 1 is 1.15 bits per heavy atom. The summed E-state index contributed by atoms with van der Waals surface area (Å²) in [6.07, 6.45) is 1.05. The fraction of sp³-hybridized carbons (Fsp3) is 0.333. The Morgan fingerprint density at radius 3 is 2.50 bits per heavy atom. The highest BCUT2D eigenvalue weighted by Gasteiger charge is 2.36. The second-order valence-electron chi connectivity index (χ2n) is 6.60. The average Bonchev–Trinajstić information content (AvgIpc) is 3.08. The van der Waals surface area contributed by atoms with Crippen molar-refractivity contribution in [2.45, 2.75) is 12.8 Å². The van der Waals surface area contributed by atoms with Gasteiger partial charge >= 0.3 is 0 Å². The minimum Gasteiger partial charge on any atom is -0.497 e. The van der Waals surface area contributed by atoms with Gasteiger partial charge in [-0.1, -0.05) is 30.3 Å². The van der Waals surface area contributed by atoms with Gasteiger partial charge in [0.2, 0.25) is 11.8 Å². The van der Waals surface area contributed by atoms with Gasteiger partial charge in [0.25, 0.3) is 0 Å². The molecule has 1 aliphatic heterocycles. The van der Waals surface area contributed by atoms with Crippen LogP contribution >= 0.6 is 0 Å². The van der Waals surface area contributed by atoms with Gasteiger partial charge in [-0.3, -0.25) is 9.59 Å². The minimum absolute atomic E-state index is 0.0121. The van der Waals surface area contributed by atoms with E-state index in [4.69, 9.17) is 4.74 Å². The average molecular weight is 352 g/mol. The predicted octanol–water partition coefficient (Wildman–Crippen LogP) is 2.75. The number of methoxy groups -OCH3 is 1. The number of carbonyl (C=O) groups is 2. The number of rotatable bonds is 6. The van der Waals surface area contributed by atoms with Gasteiger partial charge in [-0.2, -0.15) is 0 Å². The molecule has 5 heteroatoms. The molecule has 1 heterocycles. The highest BCUT2D eigenvalue weighted by molar-refractivity contribution is 6.00. The summed E-state index contributed by atoms with van der Waals surface area (Å²) in [5.74, 6) is 0.593. The van der Waals surface area contributed by atoms with E-state index in [2.05, 4.69) is 0 Å². The van der Waals surface area contributed by atoms with Crippen LogP contribution in [-0.4, -0.2) is 44.0 Å². The van der Waals surface area contributed by atoms with Crippen LogP contribution in [0.3, 0.4) is 0 Å². The molecule has 2 aromatic carbocycles. The van der Waals surface area contributed by atoms with E-state index in [1.807, 2.05) is 61.6 Å². The lowest BCUT2D eigenvalue weighted by Crippen LogP contribution is -2.36. The van der Waals surface area contributed by atoms with Gasteiger partial charge in [0.15, 0.2) is 0 Å². The van der Waals surface area contributed by atoms with Gasteiger partial charge in [0, 0.05) is 32.2 Å². The number of nitrogens with zero attached hydrogens (tertiary/aromatic N) is 2. The standard InChI is InChI=1S/C21H24N2O3/c1-22(13-12-16-8-10-19(26-2)11-9-16)21(25)17-14-20(24)23(15-17)18-6-4-3-5-7-18/h3-11,17H,12-15H2,1-2H3. The molecule has 0 radical (unpaired) electrons. The first-order chi connectivity index (χ1) is 12.6. The summed E-state index contributed by atoms with van der Waals surface area (Å²) in [6, 6.07) is 17.4. The molecule has 0 bridgehead atoms. The fourth-order valence-corrected chi connectivity index (χ4v) is 3.24. The van der Waals surface area contributed by atoms with E-state index in [-0.39, 0.29) is 24.2 Å². The Bertz CT molecular complexity index is 759. The van der Waals surface area contributed by atoms with Crippen molar-refractivity contribution in [2.24, 2.45) is 5.92 Å². The Hall–Kier alpha value is -2.82. The maximum Gasteiger partial charge on any atom is 0.227 e. The third kappa shape index (κ3) is 4.04. The van der Waals surface area contributed by atoms with Gasteiger partial charge in [-0.05, 0) is 36.2 Å². The fourth-order valence-electron chi connectivity index (χ4n) is 3.24. The van der Waals surface area contributed by atoms with Crippen molar-refractivity contribution in [3.8, 4) is 5.75 Å². The largest absolute Gasteiger partial charge is 0.497 e. The predicted molar refractivity (Wildman–Crippen MR) is 101 cm³/mol. The molecule has 1 atom stereocenters. The van der Waals surface area contributed by atoms with Crippen LogP contribution in [0, 0.1) is 5.92 Å². The van der Waals surface area contributed by atoms with Crippen LogP contribution in [0.2, 0.25) is 0 Å². The van der Waals surface area contributed by atoms with E-state index in [0.717, 1.165) is 23.4 Å². The summed E-state index contributed by atoms with van der Waals surface area (Å²) in [4.78, 5) is 28.5. The number of hydrogen-bond acceptors (Lipinski definition) is 3. The van der Waals surface area contributed by atoms with Crippen molar-refractivity contribution in [3.05, 3.63) is 60.2 Å². The Labute approximate surface area is 154 Å². The summed E-state index contributed by atoms with van der Waals surface area (Å²) in [5.41, 5.74) is 2.01. The number of amides is 2. The third-order valence-electron chi connectivity index (χ3n) is 4.81. The van der Waals surface area contributed by atoms with E-state index >= 15 is 0 Å². The normalized spacial score (nSPS) is 16.6. The first-order valence-corrected chi connectivity index (χ1v) is 8.82. The summed E-state index contributed by atoms with van der Waals surface area (Å²) < 4.78 is 5.16. The number of hydrogen-bond donors (Lipinski definition) is 0. The van der Waals surface area contributed by atoms with Gasteiger partial charge in [-0.25, -0.2) is 0 Å². The smallest absolute Gasteiger partial charge is 0.227 e. The summed E-state index contributed by atoms with van der Waals surface area (Å²) in [6.45, 7) is 1.08. The second-order valence-corrected chi connectivity index (χ2v) is 6.60. The van der Waals surface area contributed by atoms with Crippen molar-refractivity contribution in [2.75, 3.05) is 32.1 Å². The maximum absolute atomic E-state index is 12.7. The molecular formula is C21H24N2O3. The Balaban J connectivity index is 1.56. The molecule has 5 nitrogen and oxygen atoms in total. The molecule has 1 unspecified atom stereocenters. The second kappa shape index (κ2) is 8.04. The molecule has 0 aromatic heterocycles. The highest BCUT2D eigenvalue weighted by atomic mass is 16.5. The SMILES string of the molecule is COc1ccc(CCN(C)C(=O)C2CC(=O)N(c3ccccc3)C2)cc1. The van der Waals surface area contributed by atoms with Gasteiger partial charge in [-0.15, -0.1) is 0 Å². The van der Waals surface area contributed by atoms with Crippen LogP contribution < -0.4 is 9.64 Å². The lowest BCUT2D eigenvalue weighted by molar-refractivity contribution is -0.134. The van der Waals surface area contributed by atoms with Crippen LogP contribution in [0.5, 0.6) is 5.75 Å². The molecule has 1 aliphatic rings. The zero-order valence-corrected chi connectivity index (χ0v) is 15.2. The van der Waals surface area contributed by atoms with Crippen molar-refractivity contribution < 1.29 is 14.3 Å². The quantitative estimate of drug-likeness (QED) is 0.803. The summed E-state index contributed by atoms with van der Waals surface area (Å²) in [5, 5.41) is 0. The van der Waals surface area contributed by atoms with E-state index < -0.39 is 0 Å². The minimum atomic E-state index is -0.274. The van der Waals surface area contributed by atoms with Gasteiger partial charge in [0.05, 0.1) is 13.0 Å². The van der Waals surface area contributed by atoms with Crippen molar-refractivity contribution in [3.63, 3.8) is 0 Å². The number of benzene rings is 2. The van der Waals surface area contributed by atoms with E-state index in [0.29, 0.717) is 13.1 Å². The molecule has 1 saturated heterocycles. The maximum atomic E-state index is 12.7. The molecule has 26 heavy (non-hydrogen) atoms. The zero-order valence-electron chi connectivity index (χ0n) is 15.2. The van der Waals surface area contributed by atoms with E-state index in [1.165, 1.54) is 0 Å². The van der Waals surface area contributed by atoms with Crippen molar-refractivity contribution in [1.82, 2.24) is 4.90 Å². The summed E-state index contributed by atoms with van der Waals surface area (Å²) >= 11 is 0. The van der Waals surface area contributed by atoms with Gasteiger partial charge < -0.3 is 14.5 Å². The first-order valence-electron chi connectivity index (χ1n) is 8.82. The monoisotopic (exact) mass is 352 g/mol. The van der Waals surface area contributed by atoms with Crippen LogP contribution in [0.25, 0.3) is 0 Å². The van der Waals surface area contributed by atoms with Crippen molar-refractivity contribution >= 4 is 17.5 Å². The van der Waals surface area contributed by atoms with Crippen LogP contribution in [0.4, 0.5) is 5.69 Å². The molecular weight excluding hydrogens is 328 g/mol. The molecule has 3 rings (SSSR count). The number of likely N-dealkylation sites (N-methyl/N-ethyl adjacent to an activating group) is 1. The van der Waals surface area contributed by atoms with Crippen LogP contribution in [-0.2, 0) is 16.0 Å². The number of ether oxygens (including phenoxy) is 1. The molecule has 0 aliphatic carbocycles. The van der Waals surface area contributed by atoms with E-state index in [9.17, 15) is 9.59 Å². The van der Waals surface area contributed by atoms with Crippen LogP contribution in [0.1, 0.15) is 12.0 Å². The Morgan fingerprint density at radius 2 is 1.85 bits per heavy atom. The van der Waals surface area contributed by atoms with Gasteiger partial charge in [0.1, 0.15) is 5.75 Å². The molecule has 2 amide bonds. The zero-order chi connectivity index (χ0) is 18.5. The lowest BCUT2D eigenvalue weighted by atomic mass is 10.1.